The Balaban J connectivity index is 0. The van der Waals surface area contributed by atoms with Gasteiger partial charge in [0, 0.05) is 0 Å². The quantitative estimate of drug-likeness (QED) is 0.373. The van der Waals surface area contributed by atoms with Gasteiger partial charge in [-0.25, -0.2) is 0 Å². The third-order valence-electron chi connectivity index (χ3n) is 3.06. The van der Waals surface area contributed by atoms with Crippen LogP contribution in [0.4, 0.5) is 0 Å². The normalized spacial score (nSPS) is 11.0. The summed E-state index contributed by atoms with van der Waals surface area (Å²) in [6.07, 6.45) is 16.9. The number of rotatable bonds is 12. The highest BCUT2D eigenvalue weighted by Crippen LogP contribution is 2.11. The van der Waals surface area contributed by atoms with Crippen molar-refractivity contribution in [2.24, 2.45) is 5.73 Å². The predicted molar refractivity (Wildman–Crippen MR) is 84.3 cm³/mol. The van der Waals surface area contributed by atoms with Gasteiger partial charge in [0.05, 0.1) is 0 Å². The molecule has 0 amide bonds. The van der Waals surface area contributed by atoms with Crippen LogP contribution < -0.4 is 5.73 Å². The maximum atomic E-state index is 8.74. The Morgan fingerprint density at radius 2 is 0.950 bits per heavy atom. The fourth-order valence-electron chi connectivity index (χ4n) is 1.99. The molecule has 0 atom stereocenters. The van der Waals surface area contributed by atoms with Crippen LogP contribution in [-0.2, 0) is 10.4 Å². The number of hydrogen-bond donors (Lipinski definition) is 3. The Hall–Kier alpha value is -0.170. The van der Waals surface area contributed by atoms with E-state index in [0.717, 1.165) is 6.54 Å². The van der Waals surface area contributed by atoms with E-state index in [1.54, 1.807) is 0 Å². The van der Waals surface area contributed by atoms with Gasteiger partial charge in [-0.15, -0.1) is 0 Å². The molecule has 0 saturated carbocycles. The van der Waals surface area contributed by atoms with Gasteiger partial charge in [-0.1, -0.05) is 77.6 Å². The fraction of sp³-hybridized carbons (Fsp3) is 1.00. The van der Waals surface area contributed by atoms with Crippen molar-refractivity contribution >= 4 is 10.4 Å². The van der Waals surface area contributed by atoms with Crippen molar-refractivity contribution in [3.8, 4) is 0 Å². The third-order valence-corrected chi connectivity index (χ3v) is 3.06. The summed E-state index contributed by atoms with van der Waals surface area (Å²) in [6, 6.07) is 0. The molecule has 0 saturated heterocycles. The first-order valence-corrected chi connectivity index (χ1v) is 9.21. The molecule has 0 fully saturated rings. The Kier molecular flexibility index (Phi) is 18.7. The zero-order chi connectivity index (χ0) is 15.7. The van der Waals surface area contributed by atoms with Gasteiger partial charge in [-0.05, 0) is 13.0 Å². The molecule has 0 rings (SSSR count). The van der Waals surface area contributed by atoms with Crippen LogP contribution >= 0.6 is 0 Å². The summed E-state index contributed by atoms with van der Waals surface area (Å²) in [5.41, 5.74) is 5.45. The van der Waals surface area contributed by atoms with E-state index < -0.39 is 10.4 Å². The topological polar surface area (TPSA) is 101 Å². The zero-order valence-electron chi connectivity index (χ0n) is 12.9. The molecule has 0 aromatic carbocycles. The van der Waals surface area contributed by atoms with Crippen LogP contribution in [0.15, 0.2) is 0 Å². The second-order valence-electron chi connectivity index (χ2n) is 5.13. The Labute approximate surface area is 124 Å². The van der Waals surface area contributed by atoms with E-state index in [1.807, 2.05) is 0 Å². The summed E-state index contributed by atoms with van der Waals surface area (Å²) in [5, 5.41) is 0. The summed E-state index contributed by atoms with van der Waals surface area (Å²) in [5.74, 6) is 0. The van der Waals surface area contributed by atoms with Gasteiger partial charge in [0.2, 0.25) is 0 Å². The Bertz CT molecular complexity index is 248. The minimum Gasteiger partial charge on any atom is -0.330 e. The maximum absolute atomic E-state index is 8.74. The molecule has 0 aliphatic carbocycles. The third kappa shape index (κ3) is 36.1. The van der Waals surface area contributed by atoms with Crippen LogP contribution in [-0.4, -0.2) is 24.1 Å². The number of unbranched alkanes of at least 4 members (excludes halogenated alkanes) is 11. The first-order valence-electron chi connectivity index (χ1n) is 7.81. The van der Waals surface area contributed by atoms with E-state index in [0.29, 0.717) is 0 Å². The van der Waals surface area contributed by atoms with Crippen LogP contribution in [0.25, 0.3) is 0 Å². The van der Waals surface area contributed by atoms with Gasteiger partial charge >= 0.3 is 10.4 Å². The van der Waals surface area contributed by atoms with Gasteiger partial charge in [-0.2, -0.15) is 8.42 Å². The molecule has 0 aromatic rings. The molecule has 0 unspecified atom stereocenters. The van der Waals surface area contributed by atoms with Crippen LogP contribution in [0.5, 0.6) is 0 Å². The molecule has 0 bridgehead atoms. The highest BCUT2D eigenvalue weighted by molar-refractivity contribution is 7.79. The Morgan fingerprint density at radius 1 is 0.700 bits per heavy atom. The van der Waals surface area contributed by atoms with Crippen molar-refractivity contribution in [3.05, 3.63) is 0 Å². The molecule has 0 aromatic heterocycles. The van der Waals surface area contributed by atoms with Crippen molar-refractivity contribution in [1.29, 1.82) is 0 Å². The van der Waals surface area contributed by atoms with Crippen molar-refractivity contribution in [2.45, 2.75) is 84.0 Å². The monoisotopic (exact) mass is 311 g/mol. The molecule has 124 valence electrons. The average Bonchev–Trinajstić information content (AvgIpc) is 2.34. The van der Waals surface area contributed by atoms with E-state index >= 15 is 0 Å². The minimum atomic E-state index is -4.67. The molecule has 0 aliphatic heterocycles. The number of hydrogen-bond acceptors (Lipinski definition) is 3. The molecular formula is C14H33NO4S. The van der Waals surface area contributed by atoms with Crippen molar-refractivity contribution < 1.29 is 17.5 Å². The standard InChI is InChI=1S/C14H31N.H2O4S/c1-2-3-4-5-6-7-8-9-10-11-12-13-14-15;1-5(2,3)4/h2-15H2,1H3;(H2,1,2,3,4). The van der Waals surface area contributed by atoms with Gasteiger partial charge in [0.1, 0.15) is 0 Å². The first kappa shape index (κ1) is 22.1. The molecular weight excluding hydrogens is 278 g/mol. The lowest BCUT2D eigenvalue weighted by Crippen LogP contribution is -1.97. The molecule has 0 heterocycles. The fourth-order valence-corrected chi connectivity index (χ4v) is 1.99. The smallest absolute Gasteiger partial charge is 0.330 e. The van der Waals surface area contributed by atoms with E-state index in [1.165, 1.54) is 77.0 Å². The van der Waals surface area contributed by atoms with E-state index in [2.05, 4.69) is 6.92 Å². The molecule has 20 heavy (non-hydrogen) atoms. The second kappa shape index (κ2) is 16.9. The highest BCUT2D eigenvalue weighted by atomic mass is 32.3. The maximum Gasteiger partial charge on any atom is 0.394 e. The van der Waals surface area contributed by atoms with Gasteiger partial charge in [-0.3, -0.25) is 9.11 Å². The lowest BCUT2D eigenvalue weighted by Gasteiger charge is -2.01. The molecule has 0 aliphatic rings. The lowest BCUT2D eigenvalue weighted by atomic mass is 10.1. The summed E-state index contributed by atoms with van der Waals surface area (Å²) < 4.78 is 31.6. The molecule has 6 heteroatoms. The SMILES string of the molecule is CCCCCCCCCCCCCCN.O=S(=O)(O)O. The van der Waals surface area contributed by atoms with E-state index in [4.69, 9.17) is 23.3 Å². The highest BCUT2D eigenvalue weighted by Gasteiger charge is 1.92. The van der Waals surface area contributed by atoms with Crippen molar-refractivity contribution in [1.82, 2.24) is 0 Å². The predicted octanol–water partition coefficient (Wildman–Crippen LogP) is 3.99. The molecule has 0 spiro atoms. The first-order chi connectivity index (χ1) is 9.41. The summed E-state index contributed by atoms with van der Waals surface area (Å²) in [7, 11) is -4.67. The largest absolute Gasteiger partial charge is 0.394 e. The van der Waals surface area contributed by atoms with Crippen molar-refractivity contribution in [3.63, 3.8) is 0 Å². The van der Waals surface area contributed by atoms with Crippen LogP contribution in [0.1, 0.15) is 84.0 Å². The summed E-state index contributed by atoms with van der Waals surface area (Å²) >= 11 is 0. The van der Waals surface area contributed by atoms with E-state index in [9.17, 15) is 0 Å². The van der Waals surface area contributed by atoms with Crippen LogP contribution in [0, 0.1) is 0 Å². The van der Waals surface area contributed by atoms with Crippen LogP contribution in [0.2, 0.25) is 0 Å². The van der Waals surface area contributed by atoms with E-state index in [-0.39, 0.29) is 0 Å². The Morgan fingerprint density at radius 3 is 1.20 bits per heavy atom. The number of nitrogens with two attached hydrogens (primary N) is 1. The summed E-state index contributed by atoms with van der Waals surface area (Å²) in [6.45, 7) is 3.15. The van der Waals surface area contributed by atoms with Gasteiger partial charge < -0.3 is 5.73 Å². The lowest BCUT2D eigenvalue weighted by molar-refractivity contribution is 0.381. The van der Waals surface area contributed by atoms with Crippen molar-refractivity contribution in [2.75, 3.05) is 6.54 Å². The van der Waals surface area contributed by atoms with Gasteiger partial charge in [0.15, 0.2) is 0 Å². The molecule has 5 nitrogen and oxygen atoms in total. The molecule has 4 N–H and O–H groups in total. The second-order valence-corrected chi connectivity index (χ2v) is 6.02. The average molecular weight is 311 g/mol. The van der Waals surface area contributed by atoms with Crippen LogP contribution in [0.3, 0.4) is 0 Å². The summed E-state index contributed by atoms with van der Waals surface area (Å²) in [4.78, 5) is 0. The zero-order valence-corrected chi connectivity index (χ0v) is 13.7. The van der Waals surface area contributed by atoms with Gasteiger partial charge in [0.25, 0.3) is 0 Å². The minimum absolute atomic E-state index is 0.872. The molecule has 0 radical (unpaired) electrons.